The summed E-state index contributed by atoms with van der Waals surface area (Å²) in [6.45, 7) is 3.96. The molecule has 2 rings (SSSR count). The van der Waals surface area contributed by atoms with Crippen LogP contribution in [0.4, 0.5) is 16.2 Å². The van der Waals surface area contributed by atoms with E-state index >= 15 is 0 Å². The number of aryl methyl sites for hydroxylation is 1. The maximum absolute atomic E-state index is 12.1. The van der Waals surface area contributed by atoms with E-state index in [2.05, 4.69) is 16.7 Å². The van der Waals surface area contributed by atoms with Gasteiger partial charge in [0.05, 0.1) is 6.04 Å². The van der Waals surface area contributed by atoms with Crippen LogP contribution in [0.5, 0.6) is 0 Å². The molecule has 0 fully saturated rings. The van der Waals surface area contributed by atoms with Crippen LogP contribution >= 0.6 is 0 Å². The molecule has 1 atom stereocenters. The van der Waals surface area contributed by atoms with Crippen LogP contribution in [0, 0.1) is 6.92 Å². The topological polar surface area (TPSA) is 44.4 Å². The van der Waals surface area contributed by atoms with Gasteiger partial charge in [-0.3, -0.25) is 0 Å². The molecule has 2 aromatic rings. The van der Waals surface area contributed by atoms with Gasteiger partial charge in [-0.15, -0.1) is 0 Å². The lowest BCUT2D eigenvalue weighted by Gasteiger charge is -2.18. The fourth-order valence-corrected chi connectivity index (χ4v) is 2.25. The molecule has 0 saturated carbocycles. The molecular weight excluding hydrogens is 274 g/mol. The first-order chi connectivity index (χ1) is 10.5. The Kier molecular flexibility index (Phi) is 5.04. The Labute approximate surface area is 132 Å². The normalized spacial score (nSPS) is 11.6. The van der Waals surface area contributed by atoms with Gasteiger partial charge in [0.25, 0.3) is 0 Å². The second-order valence-electron chi connectivity index (χ2n) is 5.62. The fourth-order valence-electron chi connectivity index (χ4n) is 2.25. The number of amides is 2. The van der Waals surface area contributed by atoms with Gasteiger partial charge in [-0.2, -0.15) is 0 Å². The van der Waals surface area contributed by atoms with Gasteiger partial charge in [0.2, 0.25) is 0 Å². The van der Waals surface area contributed by atoms with E-state index in [1.807, 2.05) is 75.3 Å². The average molecular weight is 297 g/mol. The Morgan fingerprint density at radius 2 is 1.77 bits per heavy atom. The summed E-state index contributed by atoms with van der Waals surface area (Å²) >= 11 is 0. The third-order valence-corrected chi connectivity index (χ3v) is 3.62. The van der Waals surface area contributed by atoms with Gasteiger partial charge in [0, 0.05) is 25.5 Å². The molecule has 22 heavy (non-hydrogen) atoms. The molecule has 4 heteroatoms. The van der Waals surface area contributed by atoms with Gasteiger partial charge in [-0.25, -0.2) is 4.79 Å². The van der Waals surface area contributed by atoms with Gasteiger partial charge in [0.15, 0.2) is 0 Å². The molecule has 0 aromatic heterocycles. The van der Waals surface area contributed by atoms with E-state index in [0.717, 1.165) is 22.5 Å². The third-order valence-electron chi connectivity index (χ3n) is 3.62. The summed E-state index contributed by atoms with van der Waals surface area (Å²) in [4.78, 5) is 14.2. The second-order valence-corrected chi connectivity index (χ2v) is 5.62. The predicted octanol–water partition coefficient (Wildman–Crippen LogP) is 3.94. The number of nitrogens with zero attached hydrogens (tertiary/aromatic N) is 1. The van der Waals surface area contributed by atoms with Crippen molar-refractivity contribution < 1.29 is 4.79 Å². The third kappa shape index (κ3) is 4.01. The number of anilines is 2. The highest BCUT2D eigenvalue weighted by atomic mass is 16.2. The summed E-state index contributed by atoms with van der Waals surface area (Å²) in [5.74, 6) is 0. The fraction of sp³-hybridized carbons (Fsp3) is 0.278. The van der Waals surface area contributed by atoms with E-state index in [-0.39, 0.29) is 12.1 Å². The molecule has 4 nitrogen and oxygen atoms in total. The summed E-state index contributed by atoms with van der Waals surface area (Å²) in [6.07, 6.45) is 0. The number of hydrogen-bond donors (Lipinski definition) is 2. The monoisotopic (exact) mass is 297 g/mol. The predicted molar refractivity (Wildman–Crippen MR) is 92.5 cm³/mol. The zero-order valence-corrected chi connectivity index (χ0v) is 13.6. The van der Waals surface area contributed by atoms with E-state index in [1.165, 1.54) is 0 Å². The minimum absolute atomic E-state index is 0.0393. The Morgan fingerprint density at radius 3 is 2.36 bits per heavy atom. The molecule has 2 amide bonds. The van der Waals surface area contributed by atoms with E-state index in [4.69, 9.17) is 0 Å². The SMILES string of the molecule is Cc1cc(N(C)C)ccc1NC(=O)NC(C)c1ccccc1. The van der Waals surface area contributed by atoms with Crippen LogP contribution in [0.1, 0.15) is 24.1 Å². The second kappa shape index (κ2) is 6.98. The van der Waals surface area contributed by atoms with Gasteiger partial charge in [-0.05, 0) is 43.2 Å². The van der Waals surface area contributed by atoms with Crippen molar-refractivity contribution in [3.63, 3.8) is 0 Å². The van der Waals surface area contributed by atoms with Crippen LogP contribution < -0.4 is 15.5 Å². The van der Waals surface area contributed by atoms with Crippen LogP contribution in [0.3, 0.4) is 0 Å². The Bertz CT molecular complexity index is 638. The lowest BCUT2D eigenvalue weighted by atomic mass is 10.1. The van der Waals surface area contributed by atoms with Crippen molar-refractivity contribution in [2.45, 2.75) is 19.9 Å². The van der Waals surface area contributed by atoms with Crippen LogP contribution in [0.15, 0.2) is 48.5 Å². The molecular formula is C18H23N3O. The first-order valence-electron chi connectivity index (χ1n) is 7.38. The Balaban J connectivity index is 2.00. The number of carbonyl (C=O) groups is 1. The minimum atomic E-state index is -0.197. The van der Waals surface area contributed by atoms with Crippen molar-refractivity contribution >= 4 is 17.4 Å². The highest BCUT2D eigenvalue weighted by molar-refractivity contribution is 5.90. The van der Waals surface area contributed by atoms with Crippen LogP contribution in [0.25, 0.3) is 0 Å². The summed E-state index contributed by atoms with van der Waals surface area (Å²) < 4.78 is 0. The van der Waals surface area contributed by atoms with Crippen molar-refractivity contribution in [3.8, 4) is 0 Å². The van der Waals surface area contributed by atoms with E-state index in [1.54, 1.807) is 0 Å². The zero-order valence-electron chi connectivity index (χ0n) is 13.6. The molecule has 0 aliphatic carbocycles. The molecule has 1 unspecified atom stereocenters. The van der Waals surface area contributed by atoms with Crippen LogP contribution in [-0.4, -0.2) is 20.1 Å². The number of carbonyl (C=O) groups excluding carboxylic acids is 1. The highest BCUT2D eigenvalue weighted by Crippen LogP contribution is 2.21. The zero-order chi connectivity index (χ0) is 16.1. The molecule has 0 aliphatic rings. The van der Waals surface area contributed by atoms with Crippen molar-refractivity contribution in [1.82, 2.24) is 5.32 Å². The van der Waals surface area contributed by atoms with Crippen LogP contribution in [-0.2, 0) is 0 Å². The van der Waals surface area contributed by atoms with Gasteiger partial charge in [-0.1, -0.05) is 30.3 Å². The van der Waals surface area contributed by atoms with Gasteiger partial charge in [0.1, 0.15) is 0 Å². The highest BCUT2D eigenvalue weighted by Gasteiger charge is 2.10. The molecule has 0 radical (unpaired) electrons. The quantitative estimate of drug-likeness (QED) is 0.897. The van der Waals surface area contributed by atoms with Crippen molar-refractivity contribution in [3.05, 3.63) is 59.7 Å². The summed E-state index contributed by atoms with van der Waals surface area (Å²) in [5.41, 5.74) is 4.05. The summed E-state index contributed by atoms with van der Waals surface area (Å²) in [5, 5.41) is 5.86. The first kappa shape index (κ1) is 15.9. The number of nitrogens with one attached hydrogen (secondary N) is 2. The van der Waals surface area contributed by atoms with Crippen molar-refractivity contribution in [2.24, 2.45) is 0 Å². The van der Waals surface area contributed by atoms with Crippen molar-refractivity contribution in [2.75, 3.05) is 24.3 Å². The van der Waals surface area contributed by atoms with E-state index in [9.17, 15) is 4.79 Å². The average Bonchev–Trinajstić information content (AvgIpc) is 2.50. The molecule has 0 saturated heterocycles. The number of benzene rings is 2. The minimum Gasteiger partial charge on any atom is -0.378 e. The Morgan fingerprint density at radius 1 is 1.09 bits per heavy atom. The molecule has 116 valence electrons. The molecule has 2 N–H and O–H groups in total. The first-order valence-corrected chi connectivity index (χ1v) is 7.38. The standard InChI is InChI=1S/C18H23N3O/c1-13-12-16(21(3)4)10-11-17(13)20-18(22)19-14(2)15-8-6-5-7-9-15/h5-12,14H,1-4H3,(H2,19,20,22). The maximum atomic E-state index is 12.1. The smallest absolute Gasteiger partial charge is 0.319 e. The lowest BCUT2D eigenvalue weighted by Crippen LogP contribution is -2.31. The van der Waals surface area contributed by atoms with Crippen molar-refractivity contribution in [1.29, 1.82) is 0 Å². The molecule has 0 aliphatic heterocycles. The van der Waals surface area contributed by atoms with Gasteiger partial charge >= 0.3 is 6.03 Å². The lowest BCUT2D eigenvalue weighted by molar-refractivity contribution is 0.249. The number of hydrogen-bond acceptors (Lipinski definition) is 2. The molecule has 0 spiro atoms. The largest absolute Gasteiger partial charge is 0.378 e. The summed E-state index contributed by atoms with van der Waals surface area (Å²) in [7, 11) is 3.99. The molecule has 0 heterocycles. The van der Waals surface area contributed by atoms with E-state index < -0.39 is 0 Å². The number of urea groups is 1. The maximum Gasteiger partial charge on any atom is 0.319 e. The van der Waals surface area contributed by atoms with Gasteiger partial charge < -0.3 is 15.5 Å². The van der Waals surface area contributed by atoms with E-state index in [0.29, 0.717) is 0 Å². The molecule has 0 bridgehead atoms. The number of rotatable bonds is 4. The Hall–Kier alpha value is -2.49. The summed E-state index contributed by atoms with van der Waals surface area (Å²) in [6, 6.07) is 15.6. The van der Waals surface area contributed by atoms with Crippen LogP contribution in [0.2, 0.25) is 0 Å². The molecule has 2 aromatic carbocycles.